The number of carbonyl (C=O) groups is 3. The molecule has 24 nitrogen and oxygen atoms in total. The van der Waals surface area contributed by atoms with E-state index in [2.05, 4.69) is 49.0 Å². The van der Waals surface area contributed by atoms with Crippen LogP contribution in [0.5, 0.6) is 17.2 Å². The second-order valence-corrected chi connectivity index (χ2v) is 30.7. The first-order chi connectivity index (χ1) is 45.4. The maximum Gasteiger partial charge on any atom is 0.471 e. The van der Waals surface area contributed by atoms with Gasteiger partial charge in [-0.15, -0.1) is 0 Å². The van der Waals surface area contributed by atoms with E-state index in [0.29, 0.717) is 62.6 Å². The number of fused-ring (bicyclic) bond motifs is 4. The number of likely N-dealkylation sites (tertiary alicyclic amines) is 3. The summed E-state index contributed by atoms with van der Waals surface area (Å²) in [6.07, 6.45) is -9.12. The van der Waals surface area contributed by atoms with Crippen molar-refractivity contribution in [3.05, 3.63) is 118 Å². The summed E-state index contributed by atoms with van der Waals surface area (Å²) in [5, 5.41) is 10.5. The third-order valence-electron chi connectivity index (χ3n) is 18.3. The summed E-state index contributed by atoms with van der Waals surface area (Å²) in [5.74, 6) is -8.70. The van der Waals surface area contributed by atoms with Gasteiger partial charge in [-0.1, -0.05) is 15.5 Å². The van der Waals surface area contributed by atoms with E-state index in [4.69, 9.17) is 18.6 Å². The Morgan fingerprint density at radius 3 is 1.40 bits per heavy atom. The molecule has 0 radical (unpaired) electrons. The molecule has 7 unspecified atom stereocenters. The normalized spacial score (nSPS) is 23.9. The van der Waals surface area contributed by atoms with Crippen molar-refractivity contribution >= 4 is 37.4 Å². The molecule has 3 amide bonds. The molecule has 0 bridgehead atoms. The average molecular weight is 1430 g/mol. The number of nitrogens with zero attached hydrogens (tertiary/aromatic N) is 10. The maximum atomic E-state index is 13.8. The number of sulfone groups is 2. The predicted molar refractivity (Wildman–Crippen MR) is 311 cm³/mol. The standard InChI is InChI=1S/C22H19F5N4O4.C20H20F3N3O5S.C19H20F3N3O5S/c1-11(20(2,23)24)34-15-4-3-12(16-28-5-6-33-16)7-14(15)17(32)31-9-13-8-21(13,10-31)18-29-19(35-30-18)22(25,26)27;1-18(2)6-10-4-12(32(3,28)29)5-13(14(10)30-18)15(27)26-8-11-7-19(11,9-26)16-24-17(31-25-16)20(21,22)23;1-10(2)29-14-5-4-12(31(3,27)28)6-13(14)15(26)25-8-11-7-18(11,9-25)16-23-17(30-24-16)19(20,21)22/h3-7,11,13H,8-10H2,1-2H3;4-5,11H,6-9H2,1-3H3;4-6,10-11H,7-9H2,1-3H3. The summed E-state index contributed by atoms with van der Waals surface area (Å²) in [4.78, 5) is 59.1. The number of carbonyl (C=O) groups excluding carboxylic acids is 3. The molecule has 3 saturated heterocycles. The zero-order chi connectivity index (χ0) is 71.2. The van der Waals surface area contributed by atoms with Gasteiger partial charge in [0.25, 0.3) is 23.6 Å². The monoisotopic (exact) mass is 1430 g/mol. The van der Waals surface area contributed by atoms with Crippen LogP contribution >= 0.6 is 0 Å². The van der Waals surface area contributed by atoms with Crippen LogP contribution in [0.4, 0.5) is 48.3 Å². The minimum atomic E-state index is -4.77. The SMILES string of the molecule is CC(C)Oc1ccc(S(C)(=O)=O)cc1C(=O)N1CC2CC2(c2noc(C(F)(F)F)n2)C1.CC(Oc1ccc(-c2ncco2)cc1C(=O)N1CC2CC2(c2noc(C(F)(F)F)n2)C1)C(C)(F)F.CC1(C)Cc2cc(S(C)(=O)=O)cc(C(=O)N3CC4CC4(c4noc(C(F)(F)F)n4)C3)c2O1. The van der Waals surface area contributed by atoms with Crippen LogP contribution in [0, 0.1) is 17.8 Å². The molecule has 14 rings (SSSR count). The van der Waals surface area contributed by atoms with Gasteiger partial charge in [-0.25, -0.2) is 30.6 Å². The van der Waals surface area contributed by atoms with Crippen molar-refractivity contribution in [1.29, 1.82) is 0 Å². The number of hydrogen-bond acceptors (Lipinski definition) is 21. The number of alkyl halides is 11. The first-order valence-electron chi connectivity index (χ1n) is 30.2. The molecule has 4 aliphatic heterocycles. The van der Waals surface area contributed by atoms with Crippen LogP contribution in [-0.4, -0.2) is 160 Å². The molecule has 3 saturated carbocycles. The summed E-state index contributed by atoms with van der Waals surface area (Å²) in [6.45, 7) is 10.2. The Morgan fingerprint density at radius 2 is 1.00 bits per heavy atom. The van der Waals surface area contributed by atoms with Crippen molar-refractivity contribution in [2.24, 2.45) is 17.8 Å². The highest BCUT2D eigenvalue weighted by atomic mass is 32.2. The second kappa shape index (κ2) is 23.4. The Kier molecular flexibility index (Phi) is 16.5. The highest BCUT2D eigenvalue weighted by Crippen LogP contribution is 2.61. The number of rotatable bonds is 14. The number of hydrogen-bond donors (Lipinski definition) is 0. The first kappa shape index (κ1) is 69.1. The molecule has 98 heavy (non-hydrogen) atoms. The summed E-state index contributed by atoms with van der Waals surface area (Å²) in [6, 6.07) is 11.2. The van der Waals surface area contributed by atoms with E-state index in [-0.39, 0.29) is 111 Å². The number of piperidine rings is 3. The van der Waals surface area contributed by atoms with Crippen LogP contribution in [-0.2, 0) is 60.9 Å². The van der Waals surface area contributed by atoms with Gasteiger partial charge >= 0.3 is 36.2 Å². The summed E-state index contributed by atoms with van der Waals surface area (Å²) >= 11 is 0. The predicted octanol–water partition coefficient (Wildman–Crippen LogP) is 9.89. The van der Waals surface area contributed by atoms with E-state index in [1.54, 1.807) is 13.8 Å². The van der Waals surface area contributed by atoms with Gasteiger partial charge in [-0.2, -0.15) is 54.5 Å². The van der Waals surface area contributed by atoms with Gasteiger partial charge in [-0.3, -0.25) is 14.4 Å². The largest absolute Gasteiger partial charge is 0.490 e. The van der Waals surface area contributed by atoms with Gasteiger partial charge in [0.15, 0.2) is 43.3 Å². The molecular weight excluding hydrogens is 1370 g/mol. The highest BCUT2D eigenvalue weighted by Gasteiger charge is 2.68. The van der Waals surface area contributed by atoms with Gasteiger partial charge in [0.2, 0.25) is 5.89 Å². The molecule has 3 aliphatic carbocycles. The lowest BCUT2D eigenvalue weighted by Crippen LogP contribution is -2.35. The zero-order valence-electron chi connectivity index (χ0n) is 52.9. The van der Waals surface area contributed by atoms with Gasteiger partial charge in [0.1, 0.15) is 29.1 Å². The topological polar surface area (TPSA) is 300 Å². The fraction of sp³-hybridized carbons (Fsp3) is 0.508. The fourth-order valence-electron chi connectivity index (χ4n) is 13.0. The van der Waals surface area contributed by atoms with Gasteiger partial charge in [-0.05, 0) is 120 Å². The zero-order valence-corrected chi connectivity index (χ0v) is 54.5. The molecule has 6 fully saturated rings. The van der Waals surface area contributed by atoms with Crippen LogP contribution in [0.1, 0.15) is 133 Å². The number of oxazole rings is 1. The van der Waals surface area contributed by atoms with Gasteiger partial charge < -0.3 is 46.9 Å². The number of aromatic nitrogens is 7. The second-order valence-electron chi connectivity index (χ2n) is 26.6. The van der Waals surface area contributed by atoms with E-state index in [1.165, 1.54) is 82.6 Å². The van der Waals surface area contributed by atoms with Crippen LogP contribution in [0.3, 0.4) is 0 Å². The van der Waals surface area contributed by atoms with Crippen LogP contribution in [0.25, 0.3) is 11.5 Å². The molecular formula is C61H59F11N10O14S2. The lowest BCUT2D eigenvalue weighted by Gasteiger charge is -2.25. The third kappa shape index (κ3) is 13.3. The average Bonchev–Trinajstić information content (AvgIpc) is 1.55. The number of ether oxygens (including phenoxy) is 3. The summed E-state index contributed by atoms with van der Waals surface area (Å²) < 4.78 is 227. The molecule has 37 heteroatoms. The van der Waals surface area contributed by atoms with Crippen LogP contribution in [0.15, 0.2) is 88.8 Å². The molecule has 0 N–H and O–H groups in total. The summed E-state index contributed by atoms with van der Waals surface area (Å²) in [7, 11) is -7.14. The van der Waals surface area contributed by atoms with Crippen molar-refractivity contribution in [3.8, 4) is 28.7 Å². The maximum absolute atomic E-state index is 13.8. The molecule has 0 spiro atoms. The van der Waals surface area contributed by atoms with Crippen molar-refractivity contribution in [1.82, 2.24) is 50.1 Å². The first-order valence-corrected chi connectivity index (χ1v) is 33.9. The Morgan fingerprint density at radius 1 is 0.582 bits per heavy atom. The number of halogens is 11. The number of amides is 3. The van der Waals surface area contributed by atoms with E-state index in [1.807, 2.05) is 13.8 Å². The molecule has 526 valence electrons. The van der Waals surface area contributed by atoms with Crippen LogP contribution in [0.2, 0.25) is 0 Å². The van der Waals surface area contributed by atoms with E-state index in [0.717, 1.165) is 12.5 Å². The number of benzene rings is 3. The Balaban J connectivity index is 0.000000140. The molecule has 8 heterocycles. The minimum absolute atomic E-state index is 0.00246. The van der Waals surface area contributed by atoms with E-state index < -0.39 is 107 Å². The molecule has 7 atom stereocenters. The van der Waals surface area contributed by atoms with Crippen molar-refractivity contribution in [2.75, 3.05) is 51.8 Å². The van der Waals surface area contributed by atoms with Crippen molar-refractivity contribution in [3.63, 3.8) is 0 Å². The Bertz CT molecular complexity index is 4550. The molecule has 3 aromatic carbocycles. The highest BCUT2D eigenvalue weighted by molar-refractivity contribution is 7.91. The third-order valence-corrected chi connectivity index (χ3v) is 20.5. The van der Waals surface area contributed by atoms with E-state index >= 15 is 0 Å². The smallest absolute Gasteiger partial charge is 0.471 e. The molecule has 4 aromatic heterocycles. The Hall–Kier alpha value is -8.77. The lowest BCUT2D eigenvalue weighted by atomic mass is 10.00. The quantitative estimate of drug-likeness (QED) is 0.0914. The molecule has 7 aliphatic rings. The van der Waals surface area contributed by atoms with Crippen molar-refractivity contribution in [2.45, 2.75) is 136 Å². The fourth-order valence-corrected chi connectivity index (χ4v) is 14.3. The molecule has 7 aromatic rings. The van der Waals surface area contributed by atoms with Crippen molar-refractivity contribution < 1.29 is 112 Å². The lowest BCUT2D eigenvalue weighted by molar-refractivity contribution is -0.160. The Labute approximate surface area is 549 Å². The van der Waals surface area contributed by atoms with Gasteiger partial charge in [0.05, 0.1) is 55.0 Å². The van der Waals surface area contributed by atoms with Crippen LogP contribution < -0.4 is 14.2 Å². The van der Waals surface area contributed by atoms with E-state index in [9.17, 15) is 79.5 Å². The minimum Gasteiger partial charge on any atom is -0.490 e. The summed E-state index contributed by atoms with van der Waals surface area (Å²) in [5.41, 5.74) is -1.73. The van der Waals surface area contributed by atoms with Gasteiger partial charge in [0, 0.05) is 76.3 Å².